The number of nitrogens with zero attached hydrogens (tertiary/aromatic N) is 1. The molecule has 92 valence electrons. The predicted molar refractivity (Wildman–Crippen MR) is 72.4 cm³/mol. The maximum Gasteiger partial charge on any atom is 0.253 e. The molecule has 0 aromatic rings. The summed E-state index contributed by atoms with van der Waals surface area (Å²) in [5.74, 6) is 0.0474. The maximum absolute atomic E-state index is 11.5. The maximum atomic E-state index is 11.5. The Morgan fingerprint density at radius 3 is 2.00 bits per heavy atom. The van der Waals surface area contributed by atoms with Crippen LogP contribution in [0.1, 0.15) is 34.1 Å². The van der Waals surface area contributed by atoms with Crippen molar-refractivity contribution < 1.29 is 4.79 Å². The summed E-state index contributed by atoms with van der Waals surface area (Å²) < 4.78 is 0. The molecular formula is C14H25NO. The minimum absolute atomic E-state index is 0.0474. The Hall–Kier alpha value is -1.31. The molecule has 0 radical (unpaired) electrons. The van der Waals surface area contributed by atoms with E-state index in [9.17, 15) is 4.79 Å². The van der Waals surface area contributed by atoms with Crippen molar-refractivity contribution in [1.82, 2.24) is 4.90 Å². The average Bonchev–Trinajstić information content (AvgIpc) is 2.37. The van der Waals surface area contributed by atoms with Crippen LogP contribution < -0.4 is 0 Å². The summed E-state index contributed by atoms with van der Waals surface area (Å²) in [5, 5.41) is 0. The molecule has 1 heterocycles. The van der Waals surface area contributed by atoms with Gasteiger partial charge in [-0.25, -0.2) is 0 Å². The molecular weight excluding hydrogens is 198 g/mol. The van der Waals surface area contributed by atoms with Crippen LogP contribution in [0.25, 0.3) is 0 Å². The minimum atomic E-state index is 0.0474. The fraction of sp³-hybridized carbons (Fsp3) is 0.500. The lowest BCUT2D eigenvalue weighted by Gasteiger charge is -2.24. The molecule has 0 aromatic carbocycles. The van der Waals surface area contributed by atoms with Gasteiger partial charge in [0.15, 0.2) is 0 Å². The highest BCUT2D eigenvalue weighted by atomic mass is 16.2. The van der Waals surface area contributed by atoms with Gasteiger partial charge in [0, 0.05) is 19.2 Å². The number of carbonyl (C=O) groups is 1. The first-order chi connectivity index (χ1) is 7.70. The Morgan fingerprint density at radius 1 is 1.12 bits per heavy atom. The average molecular weight is 223 g/mol. The molecule has 1 aliphatic rings. The largest absolute Gasteiger partial charge is 0.341 e. The van der Waals surface area contributed by atoms with Crippen molar-refractivity contribution in [2.75, 3.05) is 13.6 Å². The van der Waals surface area contributed by atoms with Gasteiger partial charge >= 0.3 is 0 Å². The Morgan fingerprint density at radius 2 is 1.62 bits per heavy atom. The van der Waals surface area contributed by atoms with E-state index in [0.29, 0.717) is 5.57 Å². The van der Waals surface area contributed by atoms with Gasteiger partial charge in [0.05, 0.1) is 0 Å². The summed E-state index contributed by atoms with van der Waals surface area (Å²) in [6.45, 7) is 16.1. The zero-order valence-corrected chi connectivity index (χ0v) is 11.3. The fourth-order valence-electron chi connectivity index (χ4n) is 1.30. The molecule has 1 aliphatic heterocycles. The number of hydrogen-bond donors (Lipinski definition) is 0. The summed E-state index contributed by atoms with van der Waals surface area (Å²) in [7, 11) is 1.80. The molecule has 0 spiro atoms. The third-order valence-corrected chi connectivity index (χ3v) is 2.09. The van der Waals surface area contributed by atoms with E-state index in [-0.39, 0.29) is 5.91 Å². The van der Waals surface area contributed by atoms with Crippen molar-refractivity contribution in [3.8, 4) is 0 Å². The van der Waals surface area contributed by atoms with E-state index in [0.717, 1.165) is 18.5 Å². The molecule has 1 amide bonds. The molecule has 0 aliphatic carbocycles. The van der Waals surface area contributed by atoms with Crippen LogP contribution in [0, 0.1) is 0 Å². The van der Waals surface area contributed by atoms with Crippen molar-refractivity contribution in [1.29, 1.82) is 0 Å². The third-order valence-electron chi connectivity index (χ3n) is 2.09. The molecule has 0 aromatic heterocycles. The lowest BCUT2D eigenvalue weighted by Crippen LogP contribution is -2.33. The van der Waals surface area contributed by atoms with Gasteiger partial charge in [0.2, 0.25) is 0 Å². The van der Waals surface area contributed by atoms with Crippen molar-refractivity contribution in [2.24, 2.45) is 0 Å². The topological polar surface area (TPSA) is 20.3 Å². The number of likely N-dealkylation sites (N-methyl/N-ethyl adjacent to an activating group) is 1. The zero-order chi connectivity index (χ0) is 13.1. The van der Waals surface area contributed by atoms with Crippen LogP contribution in [0.3, 0.4) is 0 Å². The van der Waals surface area contributed by atoms with Crippen LogP contribution in [0.4, 0.5) is 0 Å². The van der Waals surface area contributed by atoms with E-state index in [1.165, 1.54) is 0 Å². The van der Waals surface area contributed by atoms with Gasteiger partial charge < -0.3 is 4.90 Å². The van der Waals surface area contributed by atoms with E-state index in [2.05, 4.69) is 13.2 Å². The van der Waals surface area contributed by atoms with Gasteiger partial charge in [-0.2, -0.15) is 0 Å². The molecule has 0 atom stereocenters. The summed E-state index contributed by atoms with van der Waals surface area (Å²) in [6.07, 6.45) is 4.23. The Bertz CT molecular complexity index is 264. The first kappa shape index (κ1) is 17.1. The van der Waals surface area contributed by atoms with Gasteiger partial charge in [0.25, 0.3) is 5.91 Å². The summed E-state index contributed by atoms with van der Waals surface area (Å²) >= 11 is 0. The molecule has 0 bridgehead atoms. The normalized spacial score (nSPS) is 14.3. The smallest absolute Gasteiger partial charge is 0.253 e. The number of rotatable bonds is 2. The Balaban J connectivity index is 0. The molecule has 16 heavy (non-hydrogen) atoms. The van der Waals surface area contributed by atoms with Crippen molar-refractivity contribution in [3.05, 3.63) is 36.5 Å². The van der Waals surface area contributed by atoms with E-state index < -0.39 is 0 Å². The Labute approximate surface area is 100 Å². The summed E-state index contributed by atoms with van der Waals surface area (Å²) in [5.41, 5.74) is 1.70. The SMILES string of the molecule is C=CC1=C(C=C)C(=O)N(C)CC1.CC.CC. The number of carbonyl (C=O) groups excluding carboxylic acids is 1. The molecule has 1 rings (SSSR count). The highest BCUT2D eigenvalue weighted by Crippen LogP contribution is 2.19. The second-order valence-electron chi connectivity index (χ2n) is 2.82. The standard InChI is InChI=1S/C10H13NO.2C2H6/c1-4-8-6-7-11(3)10(12)9(8)5-2;2*1-2/h4-5H,1-2,6-7H2,3H3;2*1-2H3. The number of amides is 1. The van der Waals surface area contributed by atoms with E-state index >= 15 is 0 Å². The zero-order valence-electron chi connectivity index (χ0n) is 11.3. The van der Waals surface area contributed by atoms with Gasteiger partial charge in [-0.1, -0.05) is 53.0 Å². The second-order valence-corrected chi connectivity index (χ2v) is 2.82. The monoisotopic (exact) mass is 223 g/mol. The van der Waals surface area contributed by atoms with Gasteiger partial charge in [-0.15, -0.1) is 0 Å². The first-order valence-electron chi connectivity index (χ1n) is 5.94. The molecule has 0 fully saturated rings. The first-order valence-corrected chi connectivity index (χ1v) is 5.94. The second kappa shape index (κ2) is 10.2. The van der Waals surface area contributed by atoms with Crippen LogP contribution in [0.15, 0.2) is 36.5 Å². The quantitative estimate of drug-likeness (QED) is 0.701. The summed E-state index contributed by atoms with van der Waals surface area (Å²) in [6, 6.07) is 0. The third kappa shape index (κ3) is 4.47. The molecule has 0 unspecified atom stereocenters. The lowest BCUT2D eigenvalue weighted by molar-refractivity contribution is -0.126. The highest BCUT2D eigenvalue weighted by molar-refractivity contribution is 5.98. The lowest BCUT2D eigenvalue weighted by atomic mass is 10.00. The van der Waals surface area contributed by atoms with Crippen LogP contribution in [0.2, 0.25) is 0 Å². The summed E-state index contributed by atoms with van der Waals surface area (Å²) in [4.78, 5) is 13.2. The predicted octanol–water partition coefficient (Wildman–Crippen LogP) is 3.57. The molecule has 0 N–H and O–H groups in total. The van der Waals surface area contributed by atoms with Crippen molar-refractivity contribution in [2.45, 2.75) is 34.1 Å². The van der Waals surface area contributed by atoms with Gasteiger partial charge in [0.1, 0.15) is 0 Å². The number of allylic oxidation sites excluding steroid dienone is 1. The van der Waals surface area contributed by atoms with Crippen LogP contribution in [-0.2, 0) is 4.79 Å². The van der Waals surface area contributed by atoms with Gasteiger partial charge in [-0.3, -0.25) is 4.79 Å². The van der Waals surface area contributed by atoms with Crippen molar-refractivity contribution in [3.63, 3.8) is 0 Å². The van der Waals surface area contributed by atoms with E-state index in [1.54, 1.807) is 24.1 Å². The fourth-order valence-corrected chi connectivity index (χ4v) is 1.30. The molecule has 2 nitrogen and oxygen atoms in total. The highest BCUT2D eigenvalue weighted by Gasteiger charge is 2.20. The van der Waals surface area contributed by atoms with Crippen molar-refractivity contribution >= 4 is 5.91 Å². The van der Waals surface area contributed by atoms with E-state index in [1.807, 2.05) is 27.7 Å². The minimum Gasteiger partial charge on any atom is -0.341 e. The van der Waals surface area contributed by atoms with Crippen LogP contribution in [0.5, 0.6) is 0 Å². The van der Waals surface area contributed by atoms with Crippen LogP contribution >= 0.6 is 0 Å². The Kier molecular flexibility index (Phi) is 10.9. The molecule has 0 saturated heterocycles. The van der Waals surface area contributed by atoms with E-state index in [4.69, 9.17) is 0 Å². The molecule has 0 saturated carbocycles. The van der Waals surface area contributed by atoms with Gasteiger partial charge in [-0.05, 0) is 12.0 Å². The van der Waals surface area contributed by atoms with Crippen LogP contribution in [-0.4, -0.2) is 24.4 Å². The molecule has 2 heteroatoms. The number of hydrogen-bond acceptors (Lipinski definition) is 1.